The maximum absolute atomic E-state index is 12.8. The van der Waals surface area contributed by atoms with Gasteiger partial charge in [0, 0.05) is 23.5 Å². The van der Waals surface area contributed by atoms with Crippen LogP contribution < -0.4 is 14.8 Å². The van der Waals surface area contributed by atoms with Gasteiger partial charge < -0.3 is 14.8 Å². The summed E-state index contributed by atoms with van der Waals surface area (Å²) in [5.74, 6) is 2.10. The molecule has 0 fully saturated rings. The maximum Gasteiger partial charge on any atom is 0.226 e. The monoisotopic (exact) mass is 462 g/mol. The average molecular weight is 463 g/mol. The second-order valence-corrected chi connectivity index (χ2v) is 9.34. The molecule has 1 aliphatic rings. The number of amides is 1. The Bertz CT molecular complexity index is 1340. The zero-order valence-corrected chi connectivity index (χ0v) is 19.9. The van der Waals surface area contributed by atoms with Crippen LogP contribution in [0, 0.1) is 6.92 Å². The molecule has 8 heteroatoms. The summed E-state index contributed by atoms with van der Waals surface area (Å²) in [6.07, 6.45) is 0.381. The molecule has 1 N–H and O–H groups in total. The molecule has 4 aromatic rings. The minimum Gasteiger partial charge on any atom is -0.494 e. The van der Waals surface area contributed by atoms with E-state index in [0.717, 1.165) is 38.5 Å². The van der Waals surface area contributed by atoms with Crippen LogP contribution in [0.25, 0.3) is 15.3 Å². The Kier molecular flexibility index (Phi) is 5.54. The van der Waals surface area contributed by atoms with Crippen LogP contribution in [0.4, 0.5) is 5.82 Å². The van der Waals surface area contributed by atoms with E-state index in [9.17, 15) is 4.79 Å². The van der Waals surface area contributed by atoms with Crippen molar-refractivity contribution in [1.82, 2.24) is 14.8 Å². The highest BCUT2D eigenvalue weighted by molar-refractivity contribution is 7.20. The summed E-state index contributed by atoms with van der Waals surface area (Å²) in [4.78, 5) is 17.6. The summed E-state index contributed by atoms with van der Waals surface area (Å²) >= 11 is 1.52. The normalized spacial score (nSPS) is 15.5. The van der Waals surface area contributed by atoms with Crippen LogP contribution in [0.15, 0.2) is 42.5 Å². The van der Waals surface area contributed by atoms with Gasteiger partial charge >= 0.3 is 0 Å². The number of fused-ring (bicyclic) bond motifs is 2. The number of nitrogens with one attached hydrogen (secondary N) is 1. The van der Waals surface area contributed by atoms with Gasteiger partial charge in [0.1, 0.15) is 17.3 Å². The molecule has 33 heavy (non-hydrogen) atoms. The second kappa shape index (κ2) is 8.51. The molecule has 2 aromatic heterocycles. The predicted molar refractivity (Wildman–Crippen MR) is 130 cm³/mol. The van der Waals surface area contributed by atoms with Crippen molar-refractivity contribution in [2.45, 2.75) is 46.1 Å². The summed E-state index contributed by atoms with van der Waals surface area (Å²) in [6, 6.07) is 13.8. The highest BCUT2D eigenvalue weighted by Crippen LogP contribution is 2.44. The Balaban J connectivity index is 1.61. The number of para-hydroxylation sites is 1. The number of rotatable bonds is 6. The highest BCUT2D eigenvalue weighted by Gasteiger charge is 2.34. The van der Waals surface area contributed by atoms with Gasteiger partial charge in [0.15, 0.2) is 0 Å². The summed E-state index contributed by atoms with van der Waals surface area (Å²) in [6.45, 7) is 8.56. The molecule has 1 amide bonds. The first-order chi connectivity index (χ1) is 15.9. The molecule has 3 heterocycles. The van der Waals surface area contributed by atoms with Gasteiger partial charge in [-0.15, -0.1) is 0 Å². The Hall–Kier alpha value is -3.39. The summed E-state index contributed by atoms with van der Waals surface area (Å²) in [5.41, 5.74) is 3.73. The fraction of sp³-hybridized carbons (Fsp3) is 0.320. The van der Waals surface area contributed by atoms with E-state index >= 15 is 0 Å². The Morgan fingerprint density at radius 3 is 2.85 bits per heavy atom. The van der Waals surface area contributed by atoms with E-state index in [0.29, 0.717) is 24.0 Å². The van der Waals surface area contributed by atoms with Crippen LogP contribution in [0.3, 0.4) is 0 Å². The van der Waals surface area contributed by atoms with Crippen molar-refractivity contribution in [1.29, 1.82) is 0 Å². The topological polar surface area (TPSA) is 78.3 Å². The smallest absolute Gasteiger partial charge is 0.226 e. The van der Waals surface area contributed by atoms with E-state index in [4.69, 9.17) is 19.6 Å². The van der Waals surface area contributed by atoms with Crippen LogP contribution in [0.1, 0.15) is 49.9 Å². The van der Waals surface area contributed by atoms with Crippen molar-refractivity contribution in [3.8, 4) is 16.6 Å². The SMILES string of the molecule is CCOc1ccc2nc(-n3nc(C)c4c3NC(=O)CC4c3ccccc3OC(C)C)sc2c1. The molecule has 1 aliphatic heterocycles. The third kappa shape index (κ3) is 3.95. The third-order valence-electron chi connectivity index (χ3n) is 5.60. The fourth-order valence-corrected chi connectivity index (χ4v) is 5.27. The van der Waals surface area contributed by atoms with E-state index in [-0.39, 0.29) is 17.9 Å². The summed E-state index contributed by atoms with van der Waals surface area (Å²) < 4.78 is 14.5. The van der Waals surface area contributed by atoms with Gasteiger partial charge in [-0.2, -0.15) is 9.78 Å². The molecule has 1 atom stereocenters. The minimum atomic E-state index is -0.142. The number of hydrogen-bond donors (Lipinski definition) is 1. The molecule has 170 valence electrons. The Labute approximate surface area is 196 Å². The molecule has 0 aliphatic carbocycles. The molecular formula is C25H26N4O3S. The van der Waals surface area contributed by atoms with Crippen molar-refractivity contribution in [3.05, 3.63) is 59.3 Å². The lowest BCUT2D eigenvalue weighted by molar-refractivity contribution is -0.116. The lowest BCUT2D eigenvalue weighted by Crippen LogP contribution is -2.25. The third-order valence-corrected chi connectivity index (χ3v) is 6.59. The number of hydrogen-bond acceptors (Lipinski definition) is 6. The molecule has 7 nitrogen and oxygen atoms in total. The van der Waals surface area contributed by atoms with Gasteiger partial charge in [0.05, 0.1) is 28.6 Å². The first-order valence-corrected chi connectivity index (χ1v) is 11.9. The van der Waals surface area contributed by atoms with Gasteiger partial charge in [0.2, 0.25) is 11.0 Å². The van der Waals surface area contributed by atoms with Crippen LogP contribution in [-0.4, -0.2) is 33.4 Å². The molecule has 0 bridgehead atoms. The molecule has 0 saturated heterocycles. The number of thiazole rings is 1. The fourth-order valence-electron chi connectivity index (χ4n) is 4.32. The number of carbonyl (C=O) groups excluding carboxylic acids is 1. The lowest BCUT2D eigenvalue weighted by atomic mass is 9.85. The first-order valence-electron chi connectivity index (χ1n) is 11.1. The number of aromatic nitrogens is 3. The molecule has 5 rings (SSSR count). The number of aryl methyl sites for hydroxylation is 1. The quantitative estimate of drug-likeness (QED) is 0.412. The van der Waals surface area contributed by atoms with Gasteiger partial charge in [-0.3, -0.25) is 4.79 Å². The second-order valence-electron chi connectivity index (χ2n) is 8.33. The molecule has 0 radical (unpaired) electrons. The minimum absolute atomic E-state index is 0.0381. The van der Waals surface area contributed by atoms with Gasteiger partial charge in [-0.25, -0.2) is 4.98 Å². The van der Waals surface area contributed by atoms with Gasteiger partial charge in [-0.1, -0.05) is 29.5 Å². The van der Waals surface area contributed by atoms with Crippen LogP contribution >= 0.6 is 11.3 Å². The highest BCUT2D eigenvalue weighted by atomic mass is 32.1. The molecule has 0 spiro atoms. The van der Waals surface area contributed by atoms with Crippen LogP contribution in [0.5, 0.6) is 11.5 Å². The number of carbonyl (C=O) groups is 1. The molecule has 2 aromatic carbocycles. The predicted octanol–water partition coefficient (Wildman–Crippen LogP) is 5.45. The van der Waals surface area contributed by atoms with Gasteiger partial charge in [0.25, 0.3) is 0 Å². The van der Waals surface area contributed by atoms with Crippen molar-refractivity contribution in [2.75, 3.05) is 11.9 Å². The number of nitrogens with zero attached hydrogens (tertiary/aromatic N) is 3. The maximum atomic E-state index is 12.8. The molecule has 1 unspecified atom stereocenters. The zero-order chi connectivity index (χ0) is 23.1. The number of ether oxygens (including phenoxy) is 2. The van der Waals surface area contributed by atoms with E-state index < -0.39 is 0 Å². The molecular weight excluding hydrogens is 436 g/mol. The lowest BCUT2D eigenvalue weighted by Gasteiger charge is -2.26. The largest absolute Gasteiger partial charge is 0.494 e. The first kappa shape index (κ1) is 21.5. The van der Waals surface area contributed by atoms with E-state index in [1.165, 1.54) is 11.3 Å². The van der Waals surface area contributed by atoms with E-state index in [1.54, 1.807) is 4.68 Å². The van der Waals surface area contributed by atoms with Crippen molar-refractivity contribution in [2.24, 2.45) is 0 Å². The van der Waals surface area contributed by atoms with Crippen molar-refractivity contribution >= 4 is 33.3 Å². The van der Waals surface area contributed by atoms with Crippen LogP contribution in [-0.2, 0) is 4.79 Å². The molecule has 0 saturated carbocycles. The van der Waals surface area contributed by atoms with E-state index in [2.05, 4.69) is 5.32 Å². The summed E-state index contributed by atoms with van der Waals surface area (Å²) in [7, 11) is 0. The van der Waals surface area contributed by atoms with Crippen LogP contribution in [0.2, 0.25) is 0 Å². The number of anilines is 1. The zero-order valence-electron chi connectivity index (χ0n) is 19.1. The standard InChI is InChI=1S/C25H26N4O3S/c1-5-31-16-10-11-19-21(12-16)33-25(26-19)29-24-23(15(4)28-29)18(13-22(30)27-24)17-8-6-7-9-20(17)32-14(2)3/h6-12,14,18H,5,13H2,1-4H3,(H,27,30). The van der Waals surface area contributed by atoms with E-state index in [1.807, 2.05) is 70.2 Å². The average Bonchev–Trinajstić information content (AvgIpc) is 3.34. The number of benzene rings is 2. The Morgan fingerprint density at radius 2 is 2.06 bits per heavy atom. The van der Waals surface area contributed by atoms with Crippen molar-refractivity contribution in [3.63, 3.8) is 0 Å². The van der Waals surface area contributed by atoms with Crippen molar-refractivity contribution < 1.29 is 14.3 Å². The summed E-state index contributed by atoms with van der Waals surface area (Å²) in [5, 5.41) is 8.55. The van der Waals surface area contributed by atoms with Gasteiger partial charge in [-0.05, 0) is 52.0 Å². The Morgan fingerprint density at radius 1 is 1.24 bits per heavy atom.